The molecule has 1 aromatic heterocycles. The second-order valence-corrected chi connectivity index (χ2v) is 7.83. The summed E-state index contributed by atoms with van der Waals surface area (Å²) in [5.74, 6) is 1.46. The molecule has 3 heterocycles. The summed E-state index contributed by atoms with van der Waals surface area (Å²) in [6.45, 7) is 7.26. The van der Waals surface area contributed by atoms with Crippen molar-refractivity contribution in [2.24, 2.45) is 5.92 Å². The number of carbonyl (C=O) groups is 1. The van der Waals surface area contributed by atoms with Crippen LogP contribution in [0.15, 0.2) is 42.6 Å². The van der Waals surface area contributed by atoms with Gasteiger partial charge in [0.1, 0.15) is 11.6 Å². The Morgan fingerprint density at radius 2 is 1.61 bits per heavy atom. The van der Waals surface area contributed by atoms with Gasteiger partial charge in [-0.05, 0) is 55.2 Å². The molecule has 0 bridgehead atoms. The molecule has 2 aliphatic heterocycles. The topological polar surface area (TPSA) is 39.7 Å². The van der Waals surface area contributed by atoms with Crippen LogP contribution in [-0.2, 0) is 0 Å². The van der Waals surface area contributed by atoms with Gasteiger partial charge in [-0.2, -0.15) is 0 Å². The lowest BCUT2D eigenvalue weighted by Crippen LogP contribution is -2.47. The van der Waals surface area contributed by atoms with Crippen LogP contribution in [0.2, 0.25) is 0 Å². The number of hydrogen-bond donors (Lipinski definition) is 0. The van der Waals surface area contributed by atoms with Crippen molar-refractivity contribution in [1.82, 2.24) is 9.88 Å². The lowest BCUT2D eigenvalue weighted by atomic mass is 9.99. The molecule has 2 aromatic rings. The molecule has 2 aliphatic rings. The van der Waals surface area contributed by atoms with Crippen LogP contribution in [0.25, 0.3) is 0 Å². The van der Waals surface area contributed by atoms with E-state index in [-0.39, 0.29) is 11.7 Å². The van der Waals surface area contributed by atoms with E-state index in [1.165, 1.54) is 12.1 Å². The Balaban J connectivity index is 1.39. The molecular formula is C22H27FN4O. The summed E-state index contributed by atoms with van der Waals surface area (Å²) in [7, 11) is 0. The average Bonchev–Trinajstić information content (AvgIpc) is 2.75. The van der Waals surface area contributed by atoms with Crippen LogP contribution in [0, 0.1) is 11.7 Å². The van der Waals surface area contributed by atoms with E-state index >= 15 is 0 Å². The van der Waals surface area contributed by atoms with Gasteiger partial charge in [-0.1, -0.05) is 6.92 Å². The summed E-state index contributed by atoms with van der Waals surface area (Å²) in [4.78, 5) is 23.8. The lowest BCUT2D eigenvalue weighted by molar-refractivity contribution is 0.0697. The van der Waals surface area contributed by atoms with E-state index in [0.29, 0.717) is 5.92 Å². The predicted molar refractivity (Wildman–Crippen MR) is 109 cm³/mol. The second-order valence-electron chi connectivity index (χ2n) is 7.83. The van der Waals surface area contributed by atoms with Gasteiger partial charge in [-0.15, -0.1) is 0 Å². The van der Waals surface area contributed by atoms with Crippen molar-refractivity contribution >= 4 is 17.4 Å². The van der Waals surface area contributed by atoms with Gasteiger partial charge in [0.25, 0.3) is 5.91 Å². The number of rotatable bonds is 3. The quantitative estimate of drug-likeness (QED) is 0.816. The summed E-state index contributed by atoms with van der Waals surface area (Å²) < 4.78 is 13.1. The Morgan fingerprint density at radius 3 is 2.29 bits per heavy atom. The highest BCUT2D eigenvalue weighted by Gasteiger charge is 2.23. The lowest BCUT2D eigenvalue weighted by Gasteiger charge is -2.37. The molecule has 6 heteroatoms. The van der Waals surface area contributed by atoms with Gasteiger partial charge in [-0.3, -0.25) is 4.79 Å². The standard InChI is InChI=1S/C22H27FN4O/c1-17-7-10-27(11-8-17)22(28)18-6-9-24-21(16-18)26-14-12-25(13-15-26)20-4-2-19(23)3-5-20/h2-6,9,16-17H,7-8,10-15H2,1H3. The number of piperidine rings is 1. The molecule has 5 nitrogen and oxygen atoms in total. The van der Waals surface area contributed by atoms with Gasteiger partial charge in [0.05, 0.1) is 0 Å². The van der Waals surface area contributed by atoms with Gasteiger partial charge >= 0.3 is 0 Å². The SMILES string of the molecule is CC1CCN(C(=O)c2ccnc(N3CCN(c4ccc(F)cc4)CC3)c2)CC1. The van der Waals surface area contributed by atoms with Crippen molar-refractivity contribution in [2.45, 2.75) is 19.8 Å². The van der Waals surface area contributed by atoms with Gasteiger partial charge in [0.15, 0.2) is 0 Å². The summed E-state index contributed by atoms with van der Waals surface area (Å²) in [6.07, 6.45) is 3.89. The Bertz CT molecular complexity index is 810. The van der Waals surface area contributed by atoms with Crippen molar-refractivity contribution in [2.75, 3.05) is 49.1 Å². The van der Waals surface area contributed by atoms with Crippen LogP contribution >= 0.6 is 0 Å². The number of pyridine rings is 1. The minimum absolute atomic E-state index is 0.112. The number of likely N-dealkylation sites (tertiary alicyclic amines) is 1. The third kappa shape index (κ3) is 4.11. The zero-order chi connectivity index (χ0) is 19.5. The first-order valence-electron chi connectivity index (χ1n) is 10.1. The minimum atomic E-state index is -0.212. The largest absolute Gasteiger partial charge is 0.368 e. The maximum absolute atomic E-state index is 13.1. The van der Waals surface area contributed by atoms with E-state index in [4.69, 9.17) is 0 Å². The maximum Gasteiger partial charge on any atom is 0.254 e. The monoisotopic (exact) mass is 382 g/mol. The number of benzene rings is 1. The molecule has 28 heavy (non-hydrogen) atoms. The van der Waals surface area contributed by atoms with E-state index in [2.05, 4.69) is 21.7 Å². The van der Waals surface area contributed by atoms with Crippen LogP contribution in [0.1, 0.15) is 30.1 Å². The van der Waals surface area contributed by atoms with E-state index in [9.17, 15) is 9.18 Å². The molecule has 2 fully saturated rings. The highest BCUT2D eigenvalue weighted by atomic mass is 19.1. The summed E-state index contributed by atoms with van der Waals surface area (Å²) in [5, 5.41) is 0. The number of carbonyl (C=O) groups excluding carboxylic acids is 1. The van der Waals surface area contributed by atoms with Gasteiger partial charge < -0.3 is 14.7 Å². The molecule has 0 N–H and O–H groups in total. The number of anilines is 2. The fourth-order valence-corrected chi connectivity index (χ4v) is 3.96. The molecule has 148 valence electrons. The molecule has 0 radical (unpaired) electrons. The average molecular weight is 382 g/mol. The minimum Gasteiger partial charge on any atom is -0.368 e. The number of hydrogen-bond acceptors (Lipinski definition) is 4. The van der Waals surface area contributed by atoms with E-state index < -0.39 is 0 Å². The third-order valence-corrected chi connectivity index (χ3v) is 5.86. The molecule has 1 amide bonds. The second kappa shape index (κ2) is 8.17. The number of nitrogens with zero attached hydrogens (tertiary/aromatic N) is 4. The van der Waals surface area contributed by atoms with Crippen LogP contribution in [0.3, 0.4) is 0 Å². The molecule has 0 unspecified atom stereocenters. The molecule has 1 aromatic carbocycles. The van der Waals surface area contributed by atoms with Gasteiger partial charge in [-0.25, -0.2) is 9.37 Å². The summed E-state index contributed by atoms with van der Waals surface area (Å²) in [6, 6.07) is 10.4. The Hall–Kier alpha value is -2.63. The molecule has 0 saturated carbocycles. The zero-order valence-electron chi connectivity index (χ0n) is 16.4. The maximum atomic E-state index is 13.1. The fraction of sp³-hybridized carbons (Fsp3) is 0.455. The van der Waals surface area contributed by atoms with Gasteiger partial charge in [0, 0.05) is 56.7 Å². The first-order chi connectivity index (χ1) is 13.6. The first-order valence-corrected chi connectivity index (χ1v) is 10.1. The van der Waals surface area contributed by atoms with Crippen molar-refractivity contribution in [1.29, 1.82) is 0 Å². The molecule has 0 atom stereocenters. The van der Waals surface area contributed by atoms with Crippen LogP contribution in [0.4, 0.5) is 15.9 Å². The third-order valence-electron chi connectivity index (χ3n) is 5.86. The van der Waals surface area contributed by atoms with Crippen molar-refractivity contribution in [3.63, 3.8) is 0 Å². The normalized spacial score (nSPS) is 18.4. The highest BCUT2D eigenvalue weighted by molar-refractivity contribution is 5.95. The predicted octanol–water partition coefficient (Wildman–Crippen LogP) is 3.42. The van der Waals surface area contributed by atoms with Gasteiger partial charge in [0.2, 0.25) is 0 Å². The Kier molecular flexibility index (Phi) is 5.46. The smallest absolute Gasteiger partial charge is 0.254 e. The van der Waals surface area contributed by atoms with E-state index in [0.717, 1.165) is 69.2 Å². The zero-order valence-corrected chi connectivity index (χ0v) is 16.4. The van der Waals surface area contributed by atoms with E-state index in [1.54, 1.807) is 6.20 Å². The van der Waals surface area contributed by atoms with Crippen LogP contribution in [-0.4, -0.2) is 55.1 Å². The van der Waals surface area contributed by atoms with Crippen molar-refractivity contribution in [3.05, 3.63) is 54.0 Å². The van der Waals surface area contributed by atoms with Crippen molar-refractivity contribution < 1.29 is 9.18 Å². The molecule has 2 saturated heterocycles. The molecular weight excluding hydrogens is 355 g/mol. The number of piperazine rings is 1. The highest BCUT2D eigenvalue weighted by Crippen LogP contribution is 2.22. The summed E-state index contributed by atoms with van der Waals surface area (Å²) >= 11 is 0. The fourth-order valence-electron chi connectivity index (χ4n) is 3.96. The van der Waals surface area contributed by atoms with Crippen LogP contribution < -0.4 is 9.80 Å². The number of halogens is 1. The molecule has 0 spiro atoms. The van der Waals surface area contributed by atoms with Crippen molar-refractivity contribution in [3.8, 4) is 0 Å². The molecule has 0 aliphatic carbocycles. The molecule has 4 rings (SSSR count). The van der Waals surface area contributed by atoms with Crippen LogP contribution in [0.5, 0.6) is 0 Å². The Morgan fingerprint density at radius 1 is 0.964 bits per heavy atom. The number of amides is 1. The summed E-state index contributed by atoms with van der Waals surface area (Å²) in [5.41, 5.74) is 1.76. The first kappa shape index (κ1) is 18.7. The Labute approximate surface area is 165 Å². The number of aromatic nitrogens is 1. The van der Waals surface area contributed by atoms with E-state index in [1.807, 2.05) is 29.2 Å².